The second-order valence-corrected chi connectivity index (χ2v) is 7.15. The fourth-order valence-electron chi connectivity index (χ4n) is 3.17. The quantitative estimate of drug-likeness (QED) is 0.571. The van der Waals surface area contributed by atoms with Gasteiger partial charge in [0, 0.05) is 24.3 Å². The Morgan fingerprint density at radius 1 is 1.20 bits per heavy atom. The summed E-state index contributed by atoms with van der Waals surface area (Å²) in [6.07, 6.45) is 3.01. The number of hydrogen-bond acceptors (Lipinski definition) is 5. The van der Waals surface area contributed by atoms with E-state index in [9.17, 15) is 9.18 Å². The van der Waals surface area contributed by atoms with Gasteiger partial charge >= 0.3 is 6.01 Å². The number of carbonyl (C=O) groups is 1. The summed E-state index contributed by atoms with van der Waals surface area (Å²) in [6.45, 7) is 0.703. The van der Waals surface area contributed by atoms with E-state index in [0.717, 1.165) is 24.9 Å². The summed E-state index contributed by atoms with van der Waals surface area (Å²) in [5, 5.41) is 7.36. The summed E-state index contributed by atoms with van der Waals surface area (Å²) in [6, 6.07) is 13.6. The Morgan fingerprint density at radius 3 is 2.67 bits per heavy atom. The minimum Gasteiger partial charge on any atom is -0.460 e. The Hall–Kier alpha value is -3.26. The van der Waals surface area contributed by atoms with Crippen LogP contribution in [0.4, 0.5) is 10.1 Å². The van der Waals surface area contributed by atoms with Crippen LogP contribution < -0.4 is 10.1 Å². The number of rotatable bonds is 8. The van der Waals surface area contributed by atoms with Crippen LogP contribution in [0.5, 0.6) is 6.01 Å². The number of halogens is 1. The van der Waals surface area contributed by atoms with Crippen molar-refractivity contribution in [2.75, 3.05) is 25.6 Å². The molecule has 7 nitrogen and oxygen atoms in total. The van der Waals surface area contributed by atoms with E-state index in [2.05, 4.69) is 15.4 Å². The molecule has 8 heteroatoms. The highest BCUT2D eigenvalue weighted by Gasteiger charge is 2.25. The number of methoxy groups -OCH3 is 1. The zero-order valence-corrected chi connectivity index (χ0v) is 16.7. The Bertz CT molecular complexity index is 1020. The van der Waals surface area contributed by atoms with E-state index < -0.39 is 0 Å². The summed E-state index contributed by atoms with van der Waals surface area (Å²) in [5.74, 6) is 0.265. The minimum atomic E-state index is -0.363. The number of carbonyl (C=O) groups excluding carboxylic acids is 1. The molecule has 1 heterocycles. The van der Waals surface area contributed by atoms with Crippen molar-refractivity contribution in [2.24, 2.45) is 5.92 Å². The maximum atomic E-state index is 13.8. The van der Waals surface area contributed by atoms with Crippen molar-refractivity contribution in [3.05, 3.63) is 54.3 Å². The van der Waals surface area contributed by atoms with E-state index >= 15 is 0 Å². The normalized spacial score (nSPS) is 13.7. The Labute approximate surface area is 173 Å². The second kappa shape index (κ2) is 9.04. The summed E-state index contributed by atoms with van der Waals surface area (Å²) in [5.41, 5.74) is 2.01. The maximum absolute atomic E-state index is 13.8. The molecular weight excluding hydrogens is 387 g/mol. The lowest BCUT2D eigenvalue weighted by Gasteiger charge is -2.24. The van der Waals surface area contributed by atoms with E-state index in [0.29, 0.717) is 30.3 Å². The van der Waals surface area contributed by atoms with Crippen LogP contribution in [0.2, 0.25) is 0 Å². The SMILES string of the molecule is COCCOc1nc(-c2cccc(F)c2)n(-c2ccc(NC(=O)C3CCC3)cc2)n1. The molecule has 3 aromatic rings. The van der Waals surface area contributed by atoms with E-state index in [4.69, 9.17) is 9.47 Å². The van der Waals surface area contributed by atoms with Gasteiger partial charge in [-0.25, -0.2) is 9.07 Å². The summed E-state index contributed by atoms with van der Waals surface area (Å²) in [4.78, 5) is 16.6. The standard InChI is InChI=1S/C22H23FN4O3/c1-29-12-13-30-22-25-20(16-6-3-7-17(23)14-16)27(26-22)19-10-8-18(9-11-19)24-21(28)15-4-2-5-15/h3,6-11,14-15H,2,4-5,12-13H2,1H3,(H,24,28). The molecule has 0 aliphatic heterocycles. The fraction of sp³-hybridized carbons (Fsp3) is 0.318. The van der Waals surface area contributed by atoms with Crippen LogP contribution in [0, 0.1) is 11.7 Å². The number of amides is 1. The molecule has 156 valence electrons. The van der Waals surface area contributed by atoms with Crippen LogP contribution in [0.15, 0.2) is 48.5 Å². The van der Waals surface area contributed by atoms with Crippen molar-refractivity contribution in [1.82, 2.24) is 14.8 Å². The van der Waals surface area contributed by atoms with Crippen LogP contribution in [0.25, 0.3) is 17.1 Å². The van der Waals surface area contributed by atoms with E-state index in [1.54, 1.807) is 23.9 Å². The third-order valence-electron chi connectivity index (χ3n) is 5.04. The molecule has 30 heavy (non-hydrogen) atoms. The van der Waals surface area contributed by atoms with E-state index in [1.165, 1.54) is 12.1 Å². The van der Waals surface area contributed by atoms with Gasteiger partial charge in [0.15, 0.2) is 5.82 Å². The predicted molar refractivity (Wildman–Crippen MR) is 110 cm³/mol. The fourth-order valence-corrected chi connectivity index (χ4v) is 3.17. The lowest BCUT2D eigenvalue weighted by atomic mass is 9.85. The van der Waals surface area contributed by atoms with Gasteiger partial charge in [0.2, 0.25) is 5.91 Å². The van der Waals surface area contributed by atoms with Gasteiger partial charge in [-0.05, 0) is 49.2 Å². The van der Waals surface area contributed by atoms with Crippen LogP contribution >= 0.6 is 0 Å². The molecule has 0 spiro atoms. The lowest BCUT2D eigenvalue weighted by molar-refractivity contribution is -0.122. The number of aromatic nitrogens is 3. The molecule has 1 saturated carbocycles. The zero-order chi connectivity index (χ0) is 20.9. The average Bonchev–Trinajstić information content (AvgIpc) is 3.12. The average molecular weight is 410 g/mol. The molecule has 1 aromatic heterocycles. The third-order valence-corrected chi connectivity index (χ3v) is 5.04. The summed E-state index contributed by atoms with van der Waals surface area (Å²) >= 11 is 0. The van der Waals surface area contributed by atoms with Crippen molar-refractivity contribution in [2.45, 2.75) is 19.3 Å². The van der Waals surface area contributed by atoms with Gasteiger partial charge in [-0.2, -0.15) is 4.98 Å². The Kier molecular flexibility index (Phi) is 6.04. The van der Waals surface area contributed by atoms with Crippen LogP contribution in [0.1, 0.15) is 19.3 Å². The molecule has 2 aromatic carbocycles. The Balaban J connectivity index is 1.60. The Morgan fingerprint density at radius 2 is 2.00 bits per heavy atom. The largest absolute Gasteiger partial charge is 0.460 e. The number of hydrogen-bond donors (Lipinski definition) is 1. The van der Waals surface area contributed by atoms with Gasteiger partial charge < -0.3 is 14.8 Å². The van der Waals surface area contributed by atoms with Crippen molar-refractivity contribution >= 4 is 11.6 Å². The first kappa shape index (κ1) is 20.0. The monoisotopic (exact) mass is 410 g/mol. The van der Waals surface area contributed by atoms with Gasteiger partial charge in [-0.15, -0.1) is 5.10 Å². The van der Waals surface area contributed by atoms with Crippen molar-refractivity contribution in [3.63, 3.8) is 0 Å². The van der Waals surface area contributed by atoms with E-state index in [-0.39, 0.29) is 23.7 Å². The number of nitrogens with one attached hydrogen (secondary N) is 1. The number of ether oxygens (including phenoxy) is 2. The molecule has 0 saturated heterocycles. The molecule has 1 N–H and O–H groups in total. The summed E-state index contributed by atoms with van der Waals surface area (Å²) in [7, 11) is 1.58. The molecule has 1 amide bonds. The van der Waals surface area contributed by atoms with Crippen molar-refractivity contribution in [1.29, 1.82) is 0 Å². The second-order valence-electron chi connectivity index (χ2n) is 7.15. The molecule has 1 aliphatic carbocycles. The minimum absolute atomic E-state index is 0.0593. The molecule has 0 unspecified atom stereocenters. The van der Waals surface area contributed by atoms with Gasteiger partial charge in [-0.3, -0.25) is 4.79 Å². The molecule has 0 radical (unpaired) electrons. The van der Waals surface area contributed by atoms with Gasteiger partial charge in [0.25, 0.3) is 0 Å². The van der Waals surface area contributed by atoms with Crippen LogP contribution in [-0.4, -0.2) is 41.0 Å². The van der Waals surface area contributed by atoms with Crippen molar-refractivity contribution < 1.29 is 18.7 Å². The smallest absolute Gasteiger partial charge is 0.336 e. The third kappa shape index (κ3) is 4.49. The first-order valence-corrected chi connectivity index (χ1v) is 9.90. The zero-order valence-electron chi connectivity index (χ0n) is 16.7. The summed E-state index contributed by atoms with van der Waals surface area (Å²) < 4.78 is 25.9. The highest BCUT2D eigenvalue weighted by Crippen LogP contribution is 2.28. The van der Waals surface area contributed by atoms with Gasteiger partial charge in [0.1, 0.15) is 12.4 Å². The van der Waals surface area contributed by atoms with Gasteiger partial charge in [0.05, 0.1) is 12.3 Å². The highest BCUT2D eigenvalue weighted by atomic mass is 19.1. The van der Waals surface area contributed by atoms with Crippen LogP contribution in [-0.2, 0) is 9.53 Å². The molecular formula is C22H23FN4O3. The van der Waals surface area contributed by atoms with Crippen molar-refractivity contribution in [3.8, 4) is 23.1 Å². The molecule has 1 aliphatic rings. The van der Waals surface area contributed by atoms with E-state index in [1.807, 2.05) is 24.3 Å². The highest BCUT2D eigenvalue weighted by molar-refractivity contribution is 5.93. The number of nitrogens with zero attached hydrogens (tertiary/aromatic N) is 3. The van der Waals surface area contributed by atoms with Gasteiger partial charge in [-0.1, -0.05) is 18.6 Å². The topological polar surface area (TPSA) is 78.3 Å². The number of anilines is 1. The molecule has 1 fully saturated rings. The number of benzene rings is 2. The predicted octanol–water partition coefficient (Wildman–Crippen LogP) is 3.84. The lowest BCUT2D eigenvalue weighted by Crippen LogP contribution is -2.27. The first-order chi connectivity index (χ1) is 14.6. The first-order valence-electron chi connectivity index (χ1n) is 9.90. The molecule has 4 rings (SSSR count). The maximum Gasteiger partial charge on any atom is 0.336 e. The molecule has 0 bridgehead atoms. The van der Waals surface area contributed by atoms with Crippen LogP contribution in [0.3, 0.4) is 0 Å². The molecule has 0 atom stereocenters.